The number of carbonyl (C=O) groups is 2. The number of aryl methyl sites for hydroxylation is 2. The Hall–Kier alpha value is -2.40. The molecule has 0 aliphatic rings. The van der Waals surface area contributed by atoms with Gasteiger partial charge in [0, 0.05) is 22.6 Å². The summed E-state index contributed by atoms with van der Waals surface area (Å²) in [4.78, 5) is 22.0. The van der Waals surface area contributed by atoms with Crippen molar-refractivity contribution in [3.8, 4) is 11.5 Å². The van der Waals surface area contributed by atoms with Crippen molar-refractivity contribution in [1.29, 1.82) is 0 Å². The van der Waals surface area contributed by atoms with Gasteiger partial charge in [-0.1, -0.05) is 53.7 Å². The van der Waals surface area contributed by atoms with Gasteiger partial charge in [-0.2, -0.15) is 25.3 Å². The lowest BCUT2D eigenvalue weighted by atomic mass is 9.84. The molecule has 3 aromatic carbocycles. The SMILES string of the molecule is Cc1cc(C(C)(C)C)c(O)c(S)c1CS.Cc1cc(C(C)(C)C)c(O)c(S)c1CS.O=C(O)c1ccc(C(=O)O)cc1. The fraction of sp³-hybridized carbons (Fsp3) is 0.375. The first-order valence-corrected chi connectivity index (χ1v) is 15.2. The third-order valence-electron chi connectivity index (χ3n) is 6.52. The summed E-state index contributed by atoms with van der Waals surface area (Å²) in [6.45, 7) is 16.5. The molecule has 0 aliphatic carbocycles. The Labute approximate surface area is 271 Å². The van der Waals surface area contributed by atoms with Crippen molar-refractivity contribution in [2.75, 3.05) is 0 Å². The van der Waals surface area contributed by atoms with Gasteiger partial charge >= 0.3 is 11.9 Å². The summed E-state index contributed by atoms with van der Waals surface area (Å²) < 4.78 is 0. The van der Waals surface area contributed by atoms with E-state index in [4.69, 9.17) is 10.2 Å². The van der Waals surface area contributed by atoms with E-state index in [1.54, 1.807) is 0 Å². The maximum atomic E-state index is 10.3. The summed E-state index contributed by atoms with van der Waals surface area (Å²) >= 11 is 17.2. The second-order valence-electron chi connectivity index (χ2n) is 11.8. The molecule has 0 radical (unpaired) electrons. The van der Waals surface area contributed by atoms with Crippen LogP contribution < -0.4 is 0 Å². The average Bonchev–Trinajstić information content (AvgIpc) is 2.88. The van der Waals surface area contributed by atoms with Crippen molar-refractivity contribution in [2.24, 2.45) is 0 Å². The van der Waals surface area contributed by atoms with E-state index in [0.29, 0.717) is 32.8 Å². The third kappa shape index (κ3) is 9.82. The molecule has 0 fully saturated rings. The van der Waals surface area contributed by atoms with Crippen LogP contribution in [0, 0.1) is 13.8 Å². The summed E-state index contributed by atoms with van der Waals surface area (Å²) in [7, 11) is 0. The molecule has 230 valence electrons. The van der Waals surface area contributed by atoms with Crippen LogP contribution >= 0.6 is 50.5 Å². The Morgan fingerprint density at radius 2 is 0.905 bits per heavy atom. The highest BCUT2D eigenvalue weighted by Gasteiger charge is 2.23. The highest BCUT2D eigenvalue weighted by molar-refractivity contribution is 7.81. The normalized spacial score (nSPS) is 11.1. The number of rotatable bonds is 4. The van der Waals surface area contributed by atoms with Gasteiger partial charge in [-0.05, 0) is 71.2 Å². The summed E-state index contributed by atoms with van der Waals surface area (Å²) in [5.41, 5.74) is 6.20. The quantitative estimate of drug-likeness (QED) is 0.134. The lowest BCUT2D eigenvalue weighted by Gasteiger charge is -2.23. The van der Waals surface area contributed by atoms with Crippen molar-refractivity contribution in [1.82, 2.24) is 0 Å². The number of carboxylic acid groups (broad SMARTS) is 2. The molecule has 0 aromatic heterocycles. The highest BCUT2D eigenvalue weighted by atomic mass is 32.1. The van der Waals surface area contributed by atoms with Gasteiger partial charge in [0.2, 0.25) is 0 Å². The lowest BCUT2D eigenvalue weighted by Crippen LogP contribution is -2.12. The Morgan fingerprint density at radius 1 is 0.643 bits per heavy atom. The van der Waals surface area contributed by atoms with Crippen LogP contribution in [-0.4, -0.2) is 32.4 Å². The Bertz CT molecular complexity index is 1310. The van der Waals surface area contributed by atoms with Gasteiger partial charge in [0.25, 0.3) is 0 Å². The van der Waals surface area contributed by atoms with Gasteiger partial charge in [-0.25, -0.2) is 9.59 Å². The van der Waals surface area contributed by atoms with Gasteiger partial charge in [0.1, 0.15) is 11.5 Å². The van der Waals surface area contributed by atoms with Crippen LogP contribution in [0.15, 0.2) is 46.2 Å². The number of aromatic hydroxyl groups is 2. The molecule has 0 atom stereocenters. The molecule has 0 saturated carbocycles. The van der Waals surface area contributed by atoms with E-state index in [9.17, 15) is 19.8 Å². The predicted molar refractivity (Wildman–Crippen MR) is 183 cm³/mol. The van der Waals surface area contributed by atoms with Crippen LogP contribution in [0.4, 0.5) is 0 Å². The van der Waals surface area contributed by atoms with E-state index in [-0.39, 0.29) is 22.0 Å². The Balaban J connectivity index is 0.000000317. The summed E-state index contributed by atoms with van der Waals surface area (Å²) in [6.07, 6.45) is 0. The van der Waals surface area contributed by atoms with Crippen LogP contribution in [0.25, 0.3) is 0 Å². The zero-order valence-corrected chi connectivity index (χ0v) is 28.9. The van der Waals surface area contributed by atoms with Gasteiger partial charge in [0.05, 0.1) is 20.9 Å². The summed E-state index contributed by atoms with van der Waals surface area (Å²) in [5, 5.41) is 37.1. The molecule has 3 rings (SSSR count). The molecule has 0 heterocycles. The fourth-order valence-corrected chi connectivity index (χ4v) is 5.77. The molecule has 4 N–H and O–H groups in total. The molecule has 0 saturated heterocycles. The van der Waals surface area contributed by atoms with E-state index in [2.05, 4.69) is 92.1 Å². The fourth-order valence-electron chi connectivity index (χ4n) is 3.96. The number of carboxylic acids is 2. The second kappa shape index (κ2) is 15.4. The molecule has 3 aromatic rings. The number of thiol groups is 4. The molecule has 0 bridgehead atoms. The summed E-state index contributed by atoms with van der Waals surface area (Å²) in [6, 6.07) is 9.08. The van der Waals surface area contributed by atoms with Gasteiger partial charge in [0.15, 0.2) is 0 Å². The first kappa shape index (κ1) is 37.6. The Kier molecular flexibility index (Phi) is 13.8. The molecule has 6 nitrogen and oxygen atoms in total. The van der Waals surface area contributed by atoms with Gasteiger partial charge in [-0.3, -0.25) is 0 Å². The topological polar surface area (TPSA) is 115 Å². The van der Waals surface area contributed by atoms with Crippen LogP contribution in [0.5, 0.6) is 11.5 Å². The van der Waals surface area contributed by atoms with Crippen molar-refractivity contribution in [3.63, 3.8) is 0 Å². The molecule has 0 spiro atoms. The second-order valence-corrected chi connectivity index (χ2v) is 13.4. The average molecular weight is 651 g/mol. The van der Waals surface area contributed by atoms with Crippen LogP contribution in [0.2, 0.25) is 0 Å². The zero-order chi connectivity index (χ0) is 32.7. The van der Waals surface area contributed by atoms with Gasteiger partial charge in [-0.15, -0.1) is 25.3 Å². The van der Waals surface area contributed by atoms with Crippen molar-refractivity contribution >= 4 is 62.5 Å². The zero-order valence-electron chi connectivity index (χ0n) is 25.3. The van der Waals surface area contributed by atoms with E-state index in [1.807, 2.05) is 26.0 Å². The molecule has 0 amide bonds. The highest BCUT2D eigenvalue weighted by Crippen LogP contribution is 2.40. The number of phenolic OH excluding ortho intramolecular Hbond substituents is 2. The molecule has 0 unspecified atom stereocenters. The largest absolute Gasteiger partial charge is 0.506 e. The molecular weight excluding hydrogens is 609 g/mol. The standard InChI is InChI=1S/2C12H18OS2.C8H6O4/c2*1-7-5-9(12(2,3)4)10(13)11(15)8(7)6-14;9-7(10)5-1-2-6(4-3-5)8(11)12/h2*5,13-15H,6H2,1-4H3;1-4H,(H,9,10)(H,11,12). The first-order chi connectivity index (χ1) is 19.2. The minimum absolute atomic E-state index is 0.0680. The van der Waals surface area contributed by atoms with Crippen molar-refractivity contribution in [3.05, 3.63) is 80.9 Å². The number of benzene rings is 3. The van der Waals surface area contributed by atoms with Crippen molar-refractivity contribution in [2.45, 2.75) is 87.5 Å². The molecule has 42 heavy (non-hydrogen) atoms. The number of hydrogen-bond acceptors (Lipinski definition) is 8. The molecule has 10 heteroatoms. The van der Waals surface area contributed by atoms with Gasteiger partial charge < -0.3 is 20.4 Å². The monoisotopic (exact) mass is 650 g/mol. The molecular formula is C32H42O6S4. The predicted octanol–water partition coefficient (Wildman–Crippen LogP) is 8.52. The smallest absolute Gasteiger partial charge is 0.335 e. The van der Waals surface area contributed by atoms with Crippen molar-refractivity contribution < 1.29 is 30.0 Å². The third-order valence-corrected chi connectivity index (χ3v) is 8.11. The van der Waals surface area contributed by atoms with E-state index < -0.39 is 11.9 Å². The minimum Gasteiger partial charge on any atom is -0.506 e. The van der Waals surface area contributed by atoms with Crippen LogP contribution in [-0.2, 0) is 22.3 Å². The van der Waals surface area contributed by atoms with E-state index >= 15 is 0 Å². The number of hydrogen-bond donors (Lipinski definition) is 8. The van der Waals surface area contributed by atoms with Crippen LogP contribution in [0.3, 0.4) is 0 Å². The Morgan fingerprint density at radius 3 is 1.10 bits per heavy atom. The van der Waals surface area contributed by atoms with Crippen LogP contribution in [0.1, 0.15) is 95.6 Å². The maximum Gasteiger partial charge on any atom is 0.335 e. The van der Waals surface area contributed by atoms with E-state index in [1.165, 1.54) is 24.3 Å². The number of phenols is 2. The number of aromatic carboxylic acids is 2. The van der Waals surface area contributed by atoms with E-state index in [0.717, 1.165) is 33.4 Å². The maximum absolute atomic E-state index is 10.3. The molecule has 0 aliphatic heterocycles. The first-order valence-electron chi connectivity index (χ1n) is 13.1. The lowest BCUT2D eigenvalue weighted by molar-refractivity contribution is 0.0681. The summed E-state index contributed by atoms with van der Waals surface area (Å²) in [5.74, 6) is -0.342. The minimum atomic E-state index is -1.06.